The summed E-state index contributed by atoms with van der Waals surface area (Å²) in [6.45, 7) is 10.4. The monoisotopic (exact) mass is 363 g/mol. The highest BCUT2D eigenvalue weighted by atomic mass is 16.5. The molecule has 4 nitrogen and oxygen atoms in total. The summed E-state index contributed by atoms with van der Waals surface area (Å²) in [5.41, 5.74) is 5.43. The molecule has 3 aromatic rings. The van der Waals surface area contributed by atoms with Crippen LogP contribution in [0.3, 0.4) is 0 Å². The van der Waals surface area contributed by atoms with E-state index in [2.05, 4.69) is 11.4 Å². The van der Waals surface area contributed by atoms with Gasteiger partial charge in [-0.15, -0.1) is 0 Å². The molecule has 140 valence electrons. The molecular formula is C23H25NO3. The molecule has 0 unspecified atom stereocenters. The highest BCUT2D eigenvalue weighted by Crippen LogP contribution is 2.38. The molecule has 0 aliphatic rings. The van der Waals surface area contributed by atoms with E-state index in [1.807, 2.05) is 65.0 Å². The summed E-state index contributed by atoms with van der Waals surface area (Å²) in [5, 5.41) is 3.94. The second kappa shape index (κ2) is 7.70. The molecule has 0 aliphatic carbocycles. The van der Waals surface area contributed by atoms with Gasteiger partial charge in [-0.2, -0.15) is 0 Å². The fourth-order valence-electron chi connectivity index (χ4n) is 3.21. The molecule has 4 heteroatoms. The Morgan fingerprint density at radius 2 is 1.85 bits per heavy atom. The van der Waals surface area contributed by atoms with Gasteiger partial charge in [0.2, 0.25) is 5.91 Å². The van der Waals surface area contributed by atoms with Crippen LogP contribution in [-0.4, -0.2) is 12.5 Å². The Balaban J connectivity index is 2.04. The minimum Gasteiger partial charge on any atom is -0.493 e. The van der Waals surface area contributed by atoms with Gasteiger partial charge in [0, 0.05) is 28.3 Å². The van der Waals surface area contributed by atoms with E-state index < -0.39 is 0 Å². The third-order valence-corrected chi connectivity index (χ3v) is 4.75. The number of anilines is 1. The average Bonchev–Trinajstić information content (AvgIpc) is 2.93. The number of nitrogens with one attached hydrogen (secondary N) is 1. The smallest absolute Gasteiger partial charge is 0.248 e. The van der Waals surface area contributed by atoms with Crippen molar-refractivity contribution in [1.29, 1.82) is 0 Å². The summed E-state index contributed by atoms with van der Waals surface area (Å²) in [6.07, 6.45) is 1.61. The molecule has 0 fully saturated rings. The molecule has 0 spiro atoms. The van der Waals surface area contributed by atoms with Gasteiger partial charge in [0.15, 0.2) is 0 Å². The lowest BCUT2D eigenvalue weighted by molar-refractivity contribution is -0.111. The zero-order chi connectivity index (χ0) is 19.6. The van der Waals surface area contributed by atoms with Crippen molar-refractivity contribution < 1.29 is 13.9 Å². The van der Waals surface area contributed by atoms with E-state index in [9.17, 15) is 4.79 Å². The fourth-order valence-corrected chi connectivity index (χ4v) is 3.21. The standard InChI is InChI=1S/C23H25NO3/c1-6-26-22-16(4)23-20(15(3)17(5)27-23)13-19(22)14(2)12-21(25)24-18-10-8-7-9-11-18/h7-13H,6H2,1-5H3,(H,24,25)/b14-12+. The summed E-state index contributed by atoms with van der Waals surface area (Å²) >= 11 is 0. The average molecular weight is 363 g/mol. The zero-order valence-electron chi connectivity index (χ0n) is 16.5. The van der Waals surface area contributed by atoms with Gasteiger partial charge in [0.25, 0.3) is 0 Å². The second-order valence-electron chi connectivity index (χ2n) is 6.65. The van der Waals surface area contributed by atoms with Crippen LogP contribution in [0, 0.1) is 20.8 Å². The van der Waals surface area contributed by atoms with Crippen molar-refractivity contribution in [3.05, 3.63) is 64.9 Å². The molecule has 0 aliphatic heterocycles. The van der Waals surface area contributed by atoms with Crippen LogP contribution in [0.4, 0.5) is 5.69 Å². The van der Waals surface area contributed by atoms with Gasteiger partial charge in [0.05, 0.1) is 6.61 Å². The van der Waals surface area contributed by atoms with E-state index in [0.29, 0.717) is 6.61 Å². The molecule has 0 saturated carbocycles. The van der Waals surface area contributed by atoms with E-state index in [0.717, 1.165) is 50.4 Å². The molecule has 0 bridgehead atoms. The number of ether oxygens (including phenoxy) is 1. The van der Waals surface area contributed by atoms with E-state index in [1.165, 1.54) is 0 Å². The number of aryl methyl sites for hydroxylation is 3. The van der Waals surface area contributed by atoms with Crippen LogP contribution in [0.2, 0.25) is 0 Å². The van der Waals surface area contributed by atoms with E-state index in [1.54, 1.807) is 6.08 Å². The summed E-state index contributed by atoms with van der Waals surface area (Å²) in [7, 11) is 0. The Kier molecular flexibility index (Phi) is 5.36. The molecule has 27 heavy (non-hydrogen) atoms. The first-order chi connectivity index (χ1) is 12.9. The Labute approximate surface area is 159 Å². The number of hydrogen-bond donors (Lipinski definition) is 1. The van der Waals surface area contributed by atoms with Gasteiger partial charge < -0.3 is 14.5 Å². The maximum absolute atomic E-state index is 12.4. The minimum atomic E-state index is -0.168. The van der Waals surface area contributed by atoms with Gasteiger partial charge in [0.1, 0.15) is 17.1 Å². The van der Waals surface area contributed by atoms with E-state index in [-0.39, 0.29) is 5.91 Å². The van der Waals surface area contributed by atoms with Crippen LogP contribution in [0.15, 0.2) is 46.9 Å². The van der Waals surface area contributed by atoms with Crippen molar-refractivity contribution in [3.8, 4) is 5.75 Å². The van der Waals surface area contributed by atoms with Crippen molar-refractivity contribution in [2.45, 2.75) is 34.6 Å². The predicted molar refractivity (Wildman–Crippen MR) is 110 cm³/mol. The number of amides is 1. The minimum absolute atomic E-state index is 0.168. The number of carbonyl (C=O) groups excluding carboxylic acids is 1. The molecule has 0 saturated heterocycles. The lowest BCUT2D eigenvalue weighted by Crippen LogP contribution is -2.08. The van der Waals surface area contributed by atoms with Crippen molar-refractivity contribution >= 4 is 28.1 Å². The number of allylic oxidation sites excluding steroid dienone is 1. The molecule has 1 amide bonds. The second-order valence-corrected chi connectivity index (χ2v) is 6.65. The number of fused-ring (bicyclic) bond motifs is 1. The Hall–Kier alpha value is -3.01. The van der Waals surface area contributed by atoms with Gasteiger partial charge in [-0.25, -0.2) is 0 Å². The highest BCUT2D eigenvalue weighted by Gasteiger charge is 2.18. The van der Waals surface area contributed by atoms with Crippen LogP contribution in [0.1, 0.15) is 36.3 Å². The third-order valence-electron chi connectivity index (χ3n) is 4.75. The maximum Gasteiger partial charge on any atom is 0.248 e. The topological polar surface area (TPSA) is 51.5 Å². The Bertz CT molecular complexity index is 1010. The van der Waals surface area contributed by atoms with Gasteiger partial charge in [-0.1, -0.05) is 18.2 Å². The largest absolute Gasteiger partial charge is 0.493 e. The van der Waals surface area contributed by atoms with E-state index in [4.69, 9.17) is 9.15 Å². The molecule has 2 aromatic carbocycles. The number of benzene rings is 2. The van der Waals surface area contributed by atoms with Crippen LogP contribution in [-0.2, 0) is 4.79 Å². The van der Waals surface area contributed by atoms with Gasteiger partial charge >= 0.3 is 0 Å². The molecule has 1 aromatic heterocycles. The Morgan fingerprint density at radius 3 is 2.52 bits per heavy atom. The van der Waals surface area contributed by atoms with Crippen molar-refractivity contribution in [1.82, 2.24) is 0 Å². The molecule has 0 radical (unpaired) electrons. The molecule has 0 atom stereocenters. The van der Waals surface area contributed by atoms with Crippen molar-refractivity contribution in [2.24, 2.45) is 0 Å². The van der Waals surface area contributed by atoms with Gasteiger partial charge in [-0.05, 0) is 64.0 Å². The molecule has 3 rings (SSSR count). The lowest BCUT2D eigenvalue weighted by Gasteiger charge is -2.14. The van der Waals surface area contributed by atoms with Crippen LogP contribution >= 0.6 is 0 Å². The lowest BCUT2D eigenvalue weighted by atomic mass is 9.98. The number of rotatable bonds is 5. The fraction of sp³-hybridized carbons (Fsp3) is 0.261. The Morgan fingerprint density at radius 1 is 1.15 bits per heavy atom. The van der Waals surface area contributed by atoms with Crippen molar-refractivity contribution in [2.75, 3.05) is 11.9 Å². The summed E-state index contributed by atoms with van der Waals surface area (Å²) in [6, 6.07) is 11.5. The first-order valence-corrected chi connectivity index (χ1v) is 9.13. The van der Waals surface area contributed by atoms with Crippen LogP contribution in [0.25, 0.3) is 16.5 Å². The molecule has 1 N–H and O–H groups in total. The van der Waals surface area contributed by atoms with Crippen LogP contribution in [0.5, 0.6) is 5.75 Å². The van der Waals surface area contributed by atoms with Crippen LogP contribution < -0.4 is 10.1 Å². The normalized spacial score (nSPS) is 11.7. The summed E-state index contributed by atoms with van der Waals surface area (Å²) in [4.78, 5) is 12.4. The maximum atomic E-state index is 12.4. The number of hydrogen-bond acceptors (Lipinski definition) is 3. The van der Waals surface area contributed by atoms with E-state index >= 15 is 0 Å². The number of para-hydroxylation sites is 1. The number of furan rings is 1. The summed E-state index contributed by atoms with van der Waals surface area (Å²) in [5.74, 6) is 1.50. The quantitative estimate of drug-likeness (QED) is 0.583. The zero-order valence-corrected chi connectivity index (χ0v) is 16.5. The molecular weight excluding hydrogens is 338 g/mol. The third kappa shape index (κ3) is 3.75. The molecule has 1 heterocycles. The summed E-state index contributed by atoms with van der Waals surface area (Å²) < 4.78 is 11.8. The SMILES string of the molecule is CCOc1c(/C(C)=C/C(=O)Nc2ccccc2)cc2c(C)c(C)oc2c1C. The first-order valence-electron chi connectivity index (χ1n) is 9.13. The predicted octanol–water partition coefficient (Wildman–Crippen LogP) is 5.80. The first kappa shape index (κ1) is 18.8. The van der Waals surface area contributed by atoms with Crippen molar-refractivity contribution in [3.63, 3.8) is 0 Å². The van der Waals surface area contributed by atoms with Gasteiger partial charge in [-0.3, -0.25) is 4.79 Å². The number of carbonyl (C=O) groups is 1. The highest BCUT2D eigenvalue weighted by molar-refractivity contribution is 6.05.